The lowest BCUT2D eigenvalue weighted by Crippen LogP contribution is -2.34. The predicted molar refractivity (Wildman–Crippen MR) is 95.2 cm³/mol. The first-order chi connectivity index (χ1) is 12.0. The van der Waals surface area contributed by atoms with Crippen LogP contribution in [0.1, 0.15) is 36.0 Å². The van der Waals surface area contributed by atoms with Crippen LogP contribution in [0.2, 0.25) is 0 Å². The normalized spacial score (nSPS) is 16.3. The third-order valence-electron chi connectivity index (χ3n) is 4.64. The van der Waals surface area contributed by atoms with Gasteiger partial charge in [-0.25, -0.2) is 13.1 Å². The van der Waals surface area contributed by atoms with Crippen LogP contribution in [0, 0.1) is 0 Å². The van der Waals surface area contributed by atoms with Crippen molar-refractivity contribution in [1.82, 2.24) is 4.72 Å². The zero-order valence-corrected chi connectivity index (χ0v) is 15.1. The first-order valence-corrected chi connectivity index (χ1v) is 9.76. The van der Waals surface area contributed by atoms with Gasteiger partial charge < -0.3 is 4.74 Å². The molecule has 1 aliphatic rings. The maximum Gasteiger partial charge on any atom is 0.264 e. The zero-order chi connectivity index (χ0) is 18.0. The second-order valence-corrected chi connectivity index (χ2v) is 7.70. The first-order valence-electron chi connectivity index (χ1n) is 8.28. The summed E-state index contributed by atoms with van der Waals surface area (Å²) in [6.45, 7) is 1.88. The van der Waals surface area contributed by atoms with E-state index in [1.54, 1.807) is 25.3 Å². The maximum atomic E-state index is 12.7. The largest absolute Gasteiger partial charge is 0.496 e. The van der Waals surface area contributed by atoms with Crippen molar-refractivity contribution >= 4 is 15.9 Å². The molecule has 1 aliphatic carbocycles. The second-order valence-electron chi connectivity index (χ2n) is 6.05. The van der Waals surface area contributed by atoms with Crippen molar-refractivity contribution in [2.24, 2.45) is 0 Å². The van der Waals surface area contributed by atoms with Crippen LogP contribution >= 0.6 is 0 Å². The average Bonchev–Trinajstić information content (AvgIpc) is 3.05. The number of fused-ring (bicyclic) bond motifs is 1. The maximum absolute atomic E-state index is 12.7. The predicted octanol–water partition coefficient (Wildman–Crippen LogP) is 2.79. The van der Waals surface area contributed by atoms with Crippen molar-refractivity contribution in [3.8, 4) is 5.75 Å². The van der Waals surface area contributed by atoms with Gasteiger partial charge in [0.05, 0.1) is 17.9 Å². The van der Waals surface area contributed by atoms with Crippen LogP contribution in [0.3, 0.4) is 0 Å². The molecular weight excluding hydrogens is 338 g/mol. The summed E-state index contributed by atoms with van der Waals surface area (Å²) in [7, 11) is -2.30. The van der Waals surface area contributed by atoms with Crippen molar-refractivity contribution < 1.29 is 17.9 Å². The minimum absolute atomic E-state index is 0.162. The Morgan fingerprint density at radius 2 is 1.96 bits per heavy atom. The van der Waals surface area contributed by atoms with Gasteiger partial charge in [0.25, 0.3) is 10.0 Å². The SMILES string of the molecule is CCc1ccccc1S(=O)(=O)NC(=O)C1CCc2c(OC)cccc21. The van der Waals surface area contributed by atoms with Crippen LogP contribution in [-0.4, -0.2) is 21.4 Å². The number of ether oxygens (including phenoxy) is 1. The highest BCUT2D eigenvalue weighted by atomic mass is 32.2. The van der Waals surface area contributed by atoms with Gasteiger partial charge in [-0.2, -0.15) is 0 Å². The molecule has 0 aromatic heterocycles. The van der Waals surface area contributed by atoms with Gasteiger partial charge in [0.1, 0.15) is 5.75 Å². The lowest BCUT2D eigenvalue weighted by atomic mass is 10.0. The molecule has 1 amide bonds. The van der Waals surface area contributed by atoms with E-state index in [4.69, 9.17) is 4.74 Å². The van der Waals surface area contributed by atoms with E-state index < -0.39 is 21.8 Å². The van der Waals surface area contributed by atoms with Gasteiger partial charge in [0.15, 0.2) is 0 Å². The molecule has 2 aromatic rings. The molecule has 0 radical (unpaired) electrons. The summed E-state index contributed by atoms with van der Waals surface area (Å²) in [5.74, 6) is -0.224. The minimum atomic E-state index is -3.89. The van der Waals surface area contributed by atoms with Gasteiger partial charge in [-0.1, -0.05) is 37.3 Å². The van der Waals surface area contributed by atoms with Crippen molar-refractivity contribution in [2.75, 3.05) is 7.11 Å². The lowest BCUT2D eigenvalue weighted by molar-refractivity contribution is -0.120. The Morgan fingerprint density at radius 3 is 2.68 bits per heavy atom. The molecular formula is C19H21NO4S. The van der Waals surface area contributed by atoms with Crippen LogP contribution in [0.15, 0.2) is 47.4 Å². The van der Waals surface area contributed by atoms with E-state index in [-0.39, 0.29) is 4.90 Å². The van der Waals surface area contributed by atoms with Crippen LogP contribution in [0.5, 0.6) is 5.75 Å². The summed E-state index contributed by atoms with van der Waals surface area (Å²) in [4.78, 5) is 12.8. The molecule has 1 atom stereocenters. The van der Waals surface area contributed by atoms with Crippen LogP contribution in [0.25, 0.3) is 0 Å². The first kappa shape index (κ1) is 17.5. The summed E-state index contributed by atoms with van der Waals surface area (Å²) in [6.07, 6.45) is 1.85. The highest BCUT2D eigenvalue weighted by Gasteiger charge is 2.33. The molecule has 0 saturated heterocycles. The topological polar surface area (TPSA) is 72.5 Å². The highest BCUT2D eigenvalue weighted by molar-refractivity contribution is 7.90. The van der Waals surface area contributed by atoms with E-state index in [0.717, 1.165) is 16.9 Å². The van der Waals surface area contributed by atoms with E-state index in [2.05, 4.69) is 4.72 Å². The number of hydrogen-bond donors (Lipinski definition) is 1. The van der Waals surface area contributed by atoms with Crippen molar-refractivity contribution in [3.63, 3.8) is 0 Å². The Morgan fingerprint density at radius 1 is 1.20 bits per heavy atom. The average molecular weight is 359 g/mol. The van der Waals surface area contributed by atoms with Crippen LogP contribution in [0.4, 0.5) is 0 Å². The van der Waals surface area contributed by atoms with E-state index >= 15 is 0 Å². The third kappa shape index (κ3) is 3.26. The fourth-order valence-electron chi connectivity index (χ4n) is 3.40. The minimum Gasteiger partial charge on any atom is -0.496 e. The van der Waals surface area contributed by atoms with Crippen LogP contribution < -0.4 is 9.46 Å². The van der Waals surface area contributed by atoms with Gasteiger partial charge in [0.2, 0.25) is 5.91 Å². The third-order valence-corrected chi connectivity index (χ3v) is 6.09. The molecule has 1 unspecified atom stereocenters. The van der Waals surface area contributed by atoms with Crippen molar-refractivity contribution in [3.05, 3.63) is 59.2 Å². The zero-order valence-electron chi connectivity index (χ0n) is 14.3. The number of sulfonamides is 1. The standard InChI is InChI=1S/C19H21NO4S/c1-3-13-7-4-5-10-18(13)25(22,23)20-19(21)16-12-11-15-14(16)8-6-9-17(15)24-2/h4-10,16H,3,11-12H2,1-2H3,(H,20,21). The second kappa shape index (κ2) is 6.88. The number of benzene rings is 2. The number of aryl methyl sites for hydroxylation is 1. The molecule has 0 fully saturated rings. The summed E-state index contributed by atoms with van der Waals surface area (Å²) in [5.41, 5.74) is 2.52. The van der Waals surface area contributed by atoms with Gasteiger partial charge in [0, 0.05) is 0 Å². The number of carbonyl (C=O) groups excluding carboxylic acids is 1. The number of carbonyl (C=O) groups is 1. The number of amides is 1. The summed E-state index contributed by atoms with van der Waals surface area (Å²) >= 11 is 0. The molecule has 5 nitrogen and oxygen atoms in total. The van der Waals surface area contributed by atoms with Gasteiger partial charge in [-0.3, -0.25) is 4.79 Å². The fourth-order valence-corrected chi connectivity index (χ4v) is 4.73. The Hall–Kier alpha value is -2.34. The molecule has 2 aromatic carbocycles. The Kier molecular flexibility index (Phi) is 4.81. The number of hydrogen-bond acceptors (Lipinski definition) is 4. The Bertz CT molecular complexity index is 905. The highest BCUT2D eigenvalue weighted by Crippen LogP contribution is 2.38. The van der Waals surface area contributed by atoms with E-state index in [9.17, 15) is 13.2 Å². The van der Waals surface area contributed by atoms with Gasteiger partial charge >= 0.3 is 0 Å². The number of nitrogens with one attached hydrogen (secondary N) is 1. The quantitative estimate of drug-likeness (QED) is 0.891. The number of rotatable bonds is 5. The Balaban J connectivity index is 1.87. The summed E-state index contributed by atoms with van der Waals surface area (Å²) < 4.78 is 32.9. The molecule has 0 saturated carbocycles. The summed E-state index contributed by atoms with van der Waals surface area (Å²) in [6, 6.07) is 12.3. The monoisotopic (exact) mass is 359 g/mol. The molecule has 25 heavy (non-hydrogen) atoms. The molecule has 6 heteroatoms. The van der Waals surface area contributed by atoms with Gasteiger partial charge in [-0.05, 0) is 48.1 Å². The summed E-state index contributed by atoms with van der Waals surface area (Å²) in [5, 5.41) is 0. The lowest BCUT2D eigenvalue weighted by Gasteiger charge is -2.15. The van der Waals surface area contributed by atoms with Crippen molar-refractivity contribution in [2.45, 2.75) is 37.0 Å². The molecule has 0 heterocycles. The Labute approximate surface area is 148 Å². The van der Waals surface area contributed by atoms with E-state index in [1.165, 1.54) is 6.07 Å². The molecule has 0 aliphatic heterocycles. The number of methoxy groups -OCH3 is 1. The molecule has 1 N–H and O–H groups in total. The fraction of sp³-hybridized carbons (Fsp3) is 0.316. The molecule has 132 valence electrons. The molecule has 3 rings (SSSR count). The molecule has 0 spiro atoms. The van der Waals surface area contributed by atoms with E-state index in [1.807, 2.05) is 25.1 Å². The molecule has 0 bridgehead atoms. The smallest absolute Gasteiger partial charge is 0.264 e. The van der Waals surface area contributed by atoms with Gasteiger partial charge in [-0.15, -0.1) is 0 Å². The van der Waals surface area contributed by atoms with Crippen molar-refractivity contribution in [1.29, 1.82) is 0 Å². The van der Waals surface area contributed by atoms with Crippen LogP contribution in [-0.2, 0) is 27.7 Å². The van der Waals surface area contributed by atoms with E-state index in [0.29, 0.717) is 24.8 Å².